The summed E-state index contributed by atoms with van der Waals surface area (Å²) in [6.07, 6.45) is 3.37. The maximum atomic E-state index is 12.3. The number of Topliss-reactive ketones (excluding diaryl/α,β-unsaturated/α-hetero) is 1. The second kappa shape index (κ2) is 7.93. The third kappa shape index (κ3) is 4.42. The molecule has 0 spiro atoms. The molecule has 0 N–H and O–H groups in total. The van der Waals surface area contributed by atoms with Crippen molar-refractivity contribution in [1.29, 1.82) is 0 Å². The second-order valence-corrected chi connectivity index (χ2v) is 4.75. The molecule has 0 heterocycles. The summed E-state index contributed by atoms with van der Waals surface area (Å²) in [6, 6.07) is 16.7. The van der Waals surface area contributed by atoms with Crippen molar-refractivity contribution in [1.82, 2.24) is 0 Å². The van der Waals surface area contributed by atoms with Crippen molar-refractivity contribution in [3.63, 3.8) is 0 Å². The topological polar surface area (TPSA) is 43.4 Å². The minimum atomic E-state index is -0.383. The van der Waals surface area contributed by atoms with Gasteiger partial charge in [0.1, 0.15) is 0 Å². The molecular formula is C19H18O3. The lowest BCUT2D eigenvalue weighted by Crippen LogP contribution is -2.05. The molecule has 0 atom stereocenters. The summed E-state index contributed by atoms with van der Waals surface area (Å²) in [7, 11) is 0. The monoisotopic (exact) mass is 294 g/mol. The fraction of sp³-hybridized carbons (Fsp3) is 0.158. The predicted molar refractivity (Wildman–Crippen MR) is 86.6 cm³/mol. The van der Waals surface area contributed by atoms with Gasteiger partial charge in [0.25, 0.3) is 0 Å². The van der Waals surface area contributed by atoms with Gasteiger partial charge in [-0.1, -0.05) is 54.6 Å². The number of benzene rings is 2. The van der Waals surface area contributed by atoms with Gasteiger partial charge < -0.3 is 4.74 Å². The predicted octanol–water partition coefficient (Wildman–Crippen LogP) is 3.69. The first kappa shape index (κ1) is 15.7. The smallest absolute Gasteiger partial charge is 0.330 e. The van der Waals surface area contributed by atoms with Crippen LogP contribution in [0, 0.1) is 0 Å². The molecule has 3 heteroatoms. The summed E-state index contributed by atoms with van der Waals surface area (Å²) in [4.78, 5) is 23.7. The second-order valence-electron chi connectivity index (χ2n) is 4.75. The summed E-state index contributed by atoms with van der Waals surface area (Å²) in [5.41, 5.74) is 2.42. The van der Waals surface area contributed by atoms with E-state index in [-0.39, 0.29) is 11.8 Å². The Bertz CT molecular complexity index is 672. The molecule has 22 heavy (non-hydrogen) atoms. The summed E-state index contributed by atoms with van der Waals surface area (Å²) >= 11 is 0. The highest BCUT2D eigenvalue weighted by Crippen LogP contribution is 2.14. The molecule has 0 fully saturated rings. The molecule has 0 unspecified atom stereocenters. The molecule has 0 aromatic heterocycles. The van der Waals surface area contributed by atoms with Gasteiger partial charge in [-0.15, -0.1) is 0 Å². The third-order valence-electron chi connectivity index (χ3n) is 3.19. The molecule has 0 aliphatic rings. The van der Waals surface area contributed by atoms with Crippen LogP contribution >= 0.6 is 0 Å². The third-order valence-corrected chi connectivity index (χ3v) is 3.19. The molecule has 0 bridgehead atoms. The number of carbonyl (C=O) groups excluding carboxylic acids is 2. The Morgan fingerprint density at radius 1 is 1.00 bits per heavy atom. The Morgan fingerprint density at radius 2 is 1.68 bits per heavy atom. The van der Waals surface area contributed by atoms with E-state index in [0.29, 0.717) is 18.6 Å². The molecule has 0 saturated heterocycles. The van der Waals surface area contributed by atoms with E-state index in [4.69, 9.17) is 4.74 Å². The van der Waals surface area contributed by atoms with Gasteiger partial charge in [0.05, 0.1) is 6.61 Å². The summed E-state index contributed by atoms with van der Waals surface area (Å²) in [5.74, 6) is -0.329. The normalized spacial score (nSPS) is 10.6. The summed E-state index contributed by atoms with van der Waals surface area (Å²) in [5, 5.41) is 0. The Balaban J connectivity index is 2.15. The van der Waals surface area contributed by atoms with Crippen LogP contribution in [0.5, 0.6) is 0 Å². The van der Waals surface area contributed by atoms with Crippen LogP contribution in [0.1, 0.15) is 28.4 Å². The Hall–Kier alpha value is -2.68. The minimum absolute atomic E-state index is 0.0533. The van der Waals surface area contributed by atoms with E-state index < -0.39 is 0 Å². The maximum absolute atomic E-state index is 12.3. The number of ether oxygens (including phenoxy) is 1. The first-order valence-electron chi connectivity index (χ1n) is 7.21. The highest BCUT2D eigenvalue weighted by molar-refractivity contribution is 5.98. The van der Waals surface area contributed by atoms with Crippen LogP contribution in [0.25, 0.3) is 6.08 Å². The van der Waals surface area contributed by atoms with Crippen molar-refractivity contribution in [2.45, 2.75) is 13.3 Å². The molecule has 0 aliphatic heterocycles. The van der Waals surface area contributed by atoms with Gasteiger partial charge in [0.2, 0.25) is 0 Å². The number of carbonyl (C=O) groups is 2. The zero-order valence-electron chi connectivity index (χ0n) is 12.5. The van der Waals surface area contributed by atoms with Gasteiger partial charge >= 0.3 is 5.97 Å². The van der Waals surface area contributed by atoms with E-state index in [1.807, 2.05) is 42.5 Å². The van der Waals surface area contributed by atoms with Gasteiger partial charge in [-0.3, -0.25) is 4.79 Å². The average molecular weight is 294 g/mol. The molecular weight excluding hydrogens is 276 g/mol. The lowest BCUT2D eigenvalue weighted by Gasteiger charge is -2.05. The van der Waals surface area contributed by atoms with E-state index in [9.17, 15) is 9.59 Å². The standard InChI is InChI=1S/C19H18O3/c1-2-22-19(21)13-12-15-8-6-7-11-17(15)14-18(20)16-9-4-3-5-10-16/h3-13H,2,14H2,1H3/b13-12+. The Morgan fingerprint density at radius 3 is 2.41 bits per heavy atom. The number of rotatable bonds is 6. The minimum Gasteiger partial charge on any atom is -0.463 e. The van der Waals surface area contributed by atoms with Crippen molar-refractivity contribution < 1.29 is 14.3 Å². The SMILES string of the molecule is CCOC(=O)/C=C/c1ccccc1CC(=O)c1ccccc1. The number of ketones is 1. The first-order valence-corrected chi connectivity index (χ1v) is 7.21. The van der Waals surface area contributed by atoms with E-state index in [2.05, 4.69) is 0 Å². The van der Waals surface area contributed by atoms with Gasteiger partial charge in [-0.2, -0.15) is 0 Å². The molecule has 0 amide bonds. The van der Waals surface area contributed by atoms with Gasteiger partial charge in [0.15, 0.2) is 5.78 Å². The fourth-order valence-corrected chi connectivity index (χ4v) is 2.11. The fourth-order valence-electron chi connectivity index (χ4n) is 2.11. The zero-order chi connectivity index (χ0) is 15.8. The Labute approximate surface area is 130 Å². The quantitative estimate of drug-likeness (QED) is 0.463. The Kier molecular flexibility index (Phi) is 5.66. The molecule has 112 valence electrons. The van der Waals surface area contributed by atoms with Crippen LogP contribution in [0.4, 0.5) is 0 Å². The number of hydrogen-bond donors (Lipinski definition) is 0. The maximum Gasteiger partial charge on any atom is 0.330 e. The van der Waals surface area contributed by atoms with E-state index in [1.165, 1.54) is 6.08 Å². The highest BCUT2D eigenvalue weighted by Gasteiger charge is 2.08. The summed E-state index contributed by atoms with van der Waals surface area (Å²) in [6.45, 7) is 2.11. The van der Waals surface area contributed by atoms with Crippen molar-refractivity contribution >= 4 is 17.8 Å². The zero-order valence-corrected chi connectivity index (χ0v) is 12.5. The largest absolute Gasteiger partial charge is 0.463 e. The molecule has 0 saturated carbocycles. The number of esters is 1. The molecule has 2 aromatic carbocycles. The highest BCUT2D eigenvalue weighted by atomic mass is 16.5. The molecule has 2 aromatic rings. The summed E-state index contributed by atoms with van der Waals surface area (Å²) < 4.78 is 4.86. The van der Waals surface area contributed by atoms with Crippen LogP contribution in [-0.2, 0) is 16.0 Å². The molecule has 2 rings (SSSR count). The van der Waals surface area contributed by atoms with Gasteiger partial charge in [-0.05, 0) is 24.1 Å². The molecule has 3 nitrogen and oxygen atoms in total. The lowest BCUT2D eigenvalue weighted by molar-refractivity contribution is -0.137. The van der Waals surface area contributed by atoms with Crippen molar-refractivity contribution in [2.24, 2.45) is 0 Å². The van der Waals surface area contributed by atoms with Gasteiger partial charge in [-0.25, -0.2) is 4.79 Å². The van der Waals surface area contributed by atoms with Crippen molar-refractivity contribution in [3.05, 3.63) is 77.4 Å². The molecule has 0 aliphatic carbocycles. The van der Waals surface area contributed by atoms with Crippen LogP contribution in [0.15, 0.2) is 60.7 Å². The van der Waals surface area contributed by atoms with Crippen LogP contribution in [-0.4, -0.2) is 18.4 Å². The van der Waals surface area contributed by atoms with E-state index >= 15 is 0 Å². The van der Waals surface area contributed by atoms with Gasteiger partial charge in [0, 0.05) is 18.1 Å². The van der Waals surface area contributed by atoms with Crippen molar-refractivity contribution in [2.75, 3.05) is 6.61 Å². The van der Waals surface area contributed by atoms with Crippen LogP contribution in [0.2, 0.25) is 0 Å². The average Bonchev–Trinajstić information content (AvgIpc) is 2.55. The van der Waals surface area contributed by atoms with Crippen LogP contribution in [0.3, 0.4) is 0 Å². The van der Waals surface area contributed by atoms with E-state index in [1.54, 1.807) is 25.1 Å². The molecule has 0 radical (unpaired) electrons. The number of hydrogen-bond acceptors (Lipinski definition) is 3. The van der Waals surface area contributed by atoms with E-state index in [0.717, 1.165) is 11.1 Å². The lowest BCUT2D eigenvalue weighted by atomic mass is 9.98. The first-order chi connectivity index (χ1) is 10.7. The van der Waals surface area contributed by atoms with Crippen LogP contribution < -0.4 is 0 Å². The van der Waals surface area contributed by atoms with Crippen molar-refractivity contribution in [3.8, 4) is 0 Å².